The average molecular weight is 327 g/mol. The molecule has 1 aromatic rings. The Labute approximate surface area is 124 Å². The van der Waals surface area contributed by atoms with Crippen LogP contribution in [-0.4, -0.2) is 12.9 Å². The minimum atomic E-state index is 0.311. The number of methoxy groups -OCH3 is 1. The minimum Gasteiger partial charge on any atom is -0.497 e. The van der Waals surface area contributed by atoms with Gasteiger partial charge in [-0.25, -0.2) is 0 Å². The lowest BCUT2D eigenvalue weighted by atomic mass is 10.0. The van der Waals surface area contributed by atoms with Crippen LogP contribution in [0.5, 0.6) is 5.75 Å². The fraction of sp³-hybridized carbons (Fsp3) is 0.562. The fourth-order valence-corrected chi connectivity index (χ4v) is 2.43. The number of carbonyl (C=O) groups excluding carboxylic acids is 1. The Hall–Kier alpha value is -0.830. The number of hydrogen-bond acceptors (Lipinski definition) is 2. The van der Waals surface area contributed by atoms with Crippen LogP contribution in [0, 0.1) is 0 Å². The summed E-state index contributed by atoms with van der Waals surface area (Å²) in [5, 5.41) is 0. The van der Waals surface area contributed by atoms with Crippen molar-refractivity contribution in [2.75, 3.05) is 7.11 Å². The summed E-state index contributed by atoms with van der Waals surface area (Å²) in [7, 11) is 1.64. The van der Waals surface area contributed by atoms with Gasteiger partial charge in [-0.3, -0.25) is 4.79 Å². The molecule has 0 aliphatic rings. The molecule has 0 amide bonds. The van der Waals surface area contributed by atoms with Gasteiger partial charge in [-0.1, -0.05) is 48.5 Å². The molecule has 0 heterocycles. The number of Topliss-reactive ketones (excluding diaryl/α,β-unsaturated/α-hetero) is 1. The molecule has 0 N–H and O–H groups in total. The molecule has 1 aromatic carbocycles. The zero-order valence-electron chi connectivity index (χ0n) is 11.9. The highest BCUT2D eigenvalue weighted by molar-refractivity contribution is 9.10. The minimum absolute atomic E-state index is 0.311. The summed E-state index contributed by atoms with van der Waals surface area (Å²) in [4.78, 5) is 11.9. The quantitative estimate of drug-likeness (QED) is 0.601. The highest BCUT2D eigenvalue weighted by atomic mass is 79.9. The third-order valence-electron chi connectivity index (χ3n) is 3.20. The first kappa shape index (κ1) is 16.2. The molecule has 0 atom stereocenters. The summed E-state index contributed by atoms with van der Waals surface area (Å²) in [5.74, 6) is 1.11. The van der Waals surface area contributed by atoms with E-state index < -0.39 is 0 Å². The number of hydrogen-bond donors (Lipinski definition) is 0. The van der Waals surface area contributed by atoms with Gasteiger partial charge in [0, 0.05) is 17.3 Å². The van der Waals surface area contributed by atoms with Crippen molar-refractivity contribution in [3.63, 3.8) is 0 Å². The smallest absolute Gasteiger partial charge is 0.137 e. The average Bonchev–Trinajstić information content (AvgIpc) is 2.41. The summed E-state index contributed by atoms with van der Waals surface area (Å²) in [6.45, 7) is 2.20. The molecule has 0 saturated heterocycles. The Morgan fingerprint density at radius 1 is 1.21 bits per heavy atom. The number of ether oxygens (including phenoxy) is 1. The molecule has 0 aliphatic heterocycles. The predicted molar refractivity (Wildman–Crippen MR) is 82.8 cm³/mol. The van der Waals surface area contributed by atoms with E-state index in [1.54, 1.807) is 7.11 Å². The molecule has 1 rings (SSSR count). The van der Waals surface area contributed by atoms with Crippen LogP contribution >= 0.6 is 15.9 Å². The highest BCUT2D eigenvalue weighted by Gasteiger charge is 2.08. The second-order valence-corrected chi connectivity index (χ2v) is 5.69. The number of halogens is 1. The molecule has 0 aliphatic carbocycles. The van der Waals surface area contributed by atoms with Gasteiger partial charge >= 0.3 is 0 Å². The lowest BCUT2D eigenvalue weighted by Crippen LogP contribution is -2.03. The standard InChI is InChI=1S/C16H23BrO2/c1-3-4-5-6-7-8-14(18)11-13-12-15(19-2)9-10-16(13)17/h9-10,12H,3-8,11H2,1-2H3. The Balaban J connectivity index is 2.39. The second kappa shape index (κ2) is 9.13. The summed E-state index contributed by atoms with van der Waals surface area (Å²) < 4.78 is 6.16. The Morgan fingerprint density at radius 3 is 2.63 bits per heavy atom. The van der Waals surface area contributed by atoms with Crippen molar-refractivity contribution < 1.29 is 9.53 Å². The third kappa shape index (κ3) is 6.24. The number of benzene rings is 1. The van der Waals surface area contributed by atoms with Gasteiger partial charge in [0.1, 0.15) is 11.5 Å². The lowest BCUT2D eigenvalue weighted by Gasteiger charge is -2.07. The molecule has 2 nitrogen and oxygen atoms in total. The van der Waals surface area contributed by atoms with Crippen molar-refractivity contribution in [1.29, 1.82) is 0 Å². The van der Waals surface area contributed by atoms with Crippen LogP contribution in [0.25, 0.3) is 0 Å². The Bertz CT molecular complexity index is 402. The van der Waals surface area contributed by atoms with Crippen LogP contribution < -0.4 is 4.74 Å². The predicted octanol–water partition coefficient (Wildman–Crippen LogP) is 4.93. The lowest BCUT2D eigenvalue weighted by molar-refractivity contribution is -0.118. The van der Waals surface area contributed by atoms with Gasteiger partial charge in [0.2, 0.25) is 0 Å². The summed E-state index contributed by atoms with van der Waals surface area (Å²) in [6.07, 6.45) is 7.12. The van der Waals surface area contributed by atoms with Crippen LogP contribution in [0.2, 0.25) is 0 Å². The highest BCUT2D eigenvalue weighted by Crippen LogP contribution is 2.23. The molecule has 0 fully saturated rings. The van der Waals surface area contributed by atoms with E-state index in [-0.39, 0.29) is 0 Å². The van der Waals surface area contributed by atoms with E-state index in [4.69, 9.17) is 4.74 Å². The Kier molecular flexibility index (Phi) is 7.80. The van der Waals surface area contributed by atoms with Crippen molar-refractivity contribution >= 4 is 21.7 Å². The number of carbonyl (C=O) groups is 1. The van der Waals surface area contributed by atoms with Crippen molar-refractivity contribution in [3.05, 3.63) is 28.2 Å². The molecule has 0 bridgehead atoms. The zero-order chi connectivity index (χ0) is 14.1. The maximum absolute atomic E-state index is 11.9. The normalized spacial score (nSPS) is 10.5. The van der Waals surface area contributed by atoms with E-state index in [1.165, 1.54) is 25.7 Å². The second-order valence-electron chi connectivity index (χ2n) is 4.84. The van der Waals surface area contributed by atoms with E-state index >= 15 is 0 Å². The van der Waals surface area contributed by atoms with Crippen molar-refractivity contribution in [2.45, 2.75) is 51.9 Å². The van der Waals surface area contributed by atoms with Gasteiger partial charge in [-0.15, -0.1) is 0 Å². The van der Waals surface area contributed by atoms with Crippen LogP contribution in [0.1, 0.15) is 51.0 Å². The van der Waals surface area contributed by atoms with Crippen molar-refractivity contribution in [2.24, 2.45) is 0 Å². The largest absolute Gasteiger partial charge is 0.497 e. The molecule has 0 saturated carbocycles. The van der Waals surface area contributed by atoms with Crippen LogP contribution in [0.15, 0.2) is 22.7 Å². The molecule has 0 spiro atoms. The first-order valence-electron chi connectivity index (χ1n) is 7.01. The maximum atomic E-state index is 11.9. The first-order valence-corrected chi connectivity index (χ1v) is 7.80. The molecular formula is C16H23BrO2. The molecule has 0 aromatic heterocycles. The van der Waals surface area contributed by atoms with Crippen LogP contribution in [0.3, 0.4) is 0 Å². The van der Waals surface area contributed by atoms with Gasteiger partial charge in [0.15, 0.2) is 0 Å². The number of rotatable bonds is 9. The van der Waals surface area contributed by atoms with E-state index in [0.29, 0.717) is 18.6 Å². The zero-order valence-corrected chi connectivity index (χ0v) is 13.5. The molecule has 3 heteroatoms. The summed E-state index contributed by atoms with van der Waals surface area (Å²) in [6, 6.07) is 5.75. The molecule has 19 heavy (non-hydrogen) atoms. The topological polar surface area (TPSA) is 26.3 Å². The molecular weight excluding hydrogens is 304 g/mol. The molecule has 0 radical (unpaired) electrons. The van der Waals surface area contributed by atoms with E-state index in [2.05, 4.69) is 22.9 Å². The van der Waals surface area contributed by atoms with Gasteiger partial charge in [-0.05, 0) is 30.2 Å². The first-order chi connectivity index (χ1) is 9.17. The maximum Gasteiger partial charge on any atom is 0.137 e. The van der Waals surface area contributed by atoms with Gasteiger partial charge < -0.3 is 4.74 Å². The SMILES string of the molecule is CCCCCCCC(=O)Cc1cc(OC)ccc1Br. The third-order valence-corrected chi connectivity index (χ3v) is 3.97. The Morgan fingerprint density at radius 2 is 1.95 bits per heavy atom. The van der Waals surface area contributed by atoms with E-state index in [1.807, 2.05) is 18.2 Å². The number of unbranched alkanes of at least 4 members (excludes halogenated alkanes) is 4. The van der Waals surface area contributed by atoms with Crippen molar-refractivity contribution in [3.8, 4) is 5.75 Å². The molecule has 106 valence electrons. The monoisotopic (exact) mass is 326 g/mol. The van der Waals surface area contributed by atoms with E-state index in [9.17, 15) is 4.79 Å². The van der Waals surface area contributed by atoms with Gasteiger partial charge in [0.05, 0.1) is 7.11 Å². The fourth-order valence-electron chi connectivity index (χ4n) is 2.04. The van der Waals surface area contributed by atoms with E-state index in [0.717, 1.165) is 22.2 Å². The number of ketones is 1. The van der Waals surface area contributed by atoms with Crippen LogP contribution in [0.4, 0.5) is 0 Å². The van der Waals surface area contributed by atoms with Gasteiger partial charge in [-0.2, -0.15) is 0 Å². The van der Waals surface area contributed by atoms with Gasteiger partial charge in [0.25, 0.3) is 0 Å². The summed E-state index contributed by atoms with van der Waals surface area (Å²) in [5.41, 5.74) is 1.01. The van der Waals surface area contributed by atoms with Crippen LogP contribution in [-0.2, 0) is 11.2 Å². The summed E-state index contributed by atoms with van der Waals surface area (Å²) >= 11 is 3.48. The molecule has 0 unspecified atom stereocenters. The van der Waals surface area contributed by atoms with Crippen molar-refractivity contribution in [1.82, 2.24) is 0 Å².